The maximum Gasteiger partial charge on any atom is 0.324 e. The molecule has 1 fully saturated rings. The van der Waals surface area contributed by atoms with E-state index in [2.05, 4.69) is 22.4 Å². The van der Waals surface area contributed by atoms with Gasteiger partial charge in [0.1, 0.15) is 0 Å². The normalized spacial score (nSPS) is 14.2. The maximum absolute atomic E-state index is 12.7. The molecule has 0 atom stereocenters. The van der Waals surface area contributed by atoms with Gasteiger partial charge in [-0.3, -0.25) is 4.79 Å². The highest BCUT2D eigenvalue weighted by Crippen LogP contribution is 2.32. The highest BCUT2D eigenvalue weighted by Gasteiger charge is 2.28. The van der Waals surface area contributed by atoms with Crippen LogP contribution in [0.5, 0.6) is 11.5 Å². The second-order valence-corrected chi connectivity index (χ2v) is 8.00. The van der Waals surface area contributed by atoms with Crippen molar-refractivity contribution in [3.8, 4) is 22.9 Å². The Balaban J connectivity index is 1.35. The number of aryl methyl sites for hydroxylation is 1. The van der Waals surface area contributed by atoms with Gasteiger partial charge in [0, 0.05) is 30.3 Å². The van der Waals surface area contributed by atoms with Crippen LogP contribution in [0.3, 0.4) is 0 Å². The molecule has 0 saturated carbocycles. The molecule has 33 heavy (non-hydrogen) atoms. The van der Waals surface area contributed by atoms with E-state index in [9.17, 15) is 4.79 Å². The molecule has 2 aromatic carbocycles. The van der Waals surface area contributed by atoms with Gasteiger partial charge >= 0.3 is 6.01 Å². The van der Waals surface area contributed by atoms with Crippen molar-refractivity contribution < 1.29 is 18.8 Å². The lowest BCUT2D eigenvalue weighted by atomic mass is 9.96. The van der Waals surface area contributed by atoms with Crippen LogP contribution in [0.25, 0.3) is 11.4 Å². The number of methoxy groups -OCH3 is 1. The highest BCUT2D eigenvalue weighted by molar-refractivity contribution is 5.92. The fourth-order valence-electron chi connectivity index (χ4n) is 3.94. The van der Waals surface area contributed by atoms with Crippen LogP contribution in [0.4, 0.5) is 11.7 Å². The SMILES string of the molecule is CCOc1ccc(-c2noc(N3CCC(C(=O)Nc4ccc(CC)cc4)CC3)n2)cc1OC. The summed E-state index contributed by atoms with van der Waals surface area (Å²) in [5, 5.41) is 7.17. The van der Waals surface area contributed by atoms with Crippen molar-refractivity contribution in [1.82, 2.24) is 10.1 Å². The number of ether oxygens (including phenoxy) is 2. The summed E-state index contributed by atoms with van der Waals surface area (Å²) < 4.78 is 16.5. The molecule has 8 heteroatoms. The number of carbonyl (C=O) groups excluding carboxylic acids is 1. The van der Waals surface area contributed by atoms with Gasteiger partial charge in [-0.15, -0.1) is 0 Å². The zero-order valence-electron chi connectivity index (χ0n) is 19.3. The van der Waals surface area contributed by atoms with Gasteiger partial charge in [-0.1, -0.05) is 24.2 Å². The standard InChI is InChI=1S/C25H30N4O4/c1-4-17-6-9-20(10-7-17)26-24(30)18-12-14-29(15-13-18)25-27-23(28-33-25)19-8-11-21(32-5-2)22(16-19)31-3/h6-11,16,18H,4-5,12-15H2,1-3H3,(H,26,30). The van der Waals surface area contributed by atoms with Crippen molar-refractivity contribution in [2.24, 2.45) is 5.92 Å². The van der Waals surface area contributed by atoms with Gasteiger partial charge in [0.25, 0.3) is 0 Å². The number of amides is 1. The number of nitrogens with one attached hydrogen (secondary N) is 1. The van der Waals surface area contributed by atoms with Gasteiger partial charge < -0.3 is 24.2 Å². The number of aromatic nitrogens is 2. The molecule has 0 spiro atoms. The second-order valence-electron chi connectivity index (χ2n) is 8.00. The number of benzene rings is 2. The van der Waals surface area contributed by atoms with Crippen LogP contribution < -0.4 is 19.7 Å². The number of anilines is 2. The third-order valence-corrected chi connectivity index (χ3v) is 5.90. The number of carbonyl (C=O) groups is 1. The second kappa shape index (κ2) is 10.4. The van der Waals surface area contributed by atoms with Gasteiger partial charge in [0.05, 0.1) is 13.7 Å². The Morgan fingerprint density at radius 2 is 1.88 bits per heavy atom. The zero-order chi connectivity index (χ0) is 23.2. The Labute approximate surface area is 193 Å². The Hall–Kier alpha value is -3.55. The van der Waals surface area contributed by atoms with E-state index in [4.69, 9.17) is 14.0 Å². The first-order valence-electron chi connectivity index (χ1n) is 11.4. The van der Waals surface area contributed by atoms with Crippen molar-refractivity contribution in [2.75, 3.05) is 37.0 Å². The summed E-state index contributed by atoms with van der Waals surface area (Å²) in [5.41, 5.74) is 2.88. The lowest BCUT2D eigenvalue weighted by molar-refractivity contribution is -0.120. The largest absolute Gasteiger partial charge is 0.493 e. The van der Waals surface area contributed by atoms with Crippen LogP contribution in [0.15, 0.2) is 47.0 Å². The molecular formula is C25H30N4O4. The number of rotatable bonds is 8. The van der Waals surface area contributed by atoms with Crippen LogP contribution in [0.1, 0.15) is 32.3 Å². The van der Waals surface area contributed by atoms with Crippen molar-refractivity contribution in [3.05, 3.63) is 48.0 Å². The lowest BCUT2D eigenvalue weighted by Crippen LogP contribution is -2.38. The average molecular weight is 451 g/mol. The summed E-state index contributed by atoms with van der Waals surface area (Å²) >= 11 is 0. The number of piperidine rings is 1. The molecule has 1 amide bonds. The monoisotopic (exact) mass is 450 g/mol. The van der Waals surface area contributed by atoms with Gasteiger partial charge in [0.2, 0.25) is 11.7 Å². The Bertz CT molecular complexity index is 1070. The van der Waals surface area contributed by atoms with Crippen LogP contribution in [0.2, 0.25) is 0 Å². The predicted octanol–water partition coefficient (Wildman–Crippen LogP) is 4.56. The fraction of sp³-hybridized carbons (Fsp3) is 0.400. The fourth-order valence-corrected chi connectivity index (χ4v) is 3.94. The van der Waals surface area contributed by atoms with Gasteiger partial charge in [-0.2, -0.15) is 4.98 Å². The van der Waals surface area contributed by atoms with Crippen LogP contribution in [-0.4, -0.2) is 42.9 Å². The maximum atomic E-state index is 12.7. The molecule has 1 N–H and O–H groups in total. The van der Waals surface area contributed by atoms with Crippen molar-refractivity contribution in [2.45, 2.75) is 33.1 Å². The Kier molecular flexibility index (Phi) is 7.12. The zero-order valence-corrected chi connectivity index (χ0v) is 19.3. The summed E-state index contributed by atoms with van der Waals surface area (Å²) in [6.45, 7) is 5.96. The van der Waals surface area contributed by atoms with Crippen molar-refractivity contribution >= 4 is 17.6 Å². The molecular weight excluding hydrogens is 420 g/mol. The molecule has 8 nitrogen and oxygen atoms in total. The summed E-state index contributed by atoms with van der Waals surface area (Å²) in [4.78, 5) is 19.3. The van der Waals surface area contributed by atoms with E-state index in [1.54, 1.807) is 7.11 Å². The van der Waals surface area contributed by atoms with E-state index >= 15 is 0 Å². The summed E-state index contributed by atoms with van der Waals surface area (Å²) in [6, 6.07) is 14.0. The highest BCUT2D eigenvalue weighted by atomic mass is 16.5. The minimum Gasteiger partial charge on any atom is -0.493 e. The first-order valence-corrected chi connectivity index (χ1v) is 11.4. The summed E-state index contributed by atoms with van der Waals surface area (Å²) in [6.07, 6.45) is 2.44. The van der Waals surface area contributed by atoms with E-state index in [-0.39, 0.29) is 11.8 Å². The van der Waals surface area contributed by atoms with E-state index in [1.807, 2.05) is 54.3 Å². The van der Waals surface area contributed by atoms with Gasteiger partial charge in [0.15, 0.2) is 11.5 Å². The molecule has 3 aromatic rings. The van der Waals surface area contributed by atoms with Crippen molar-refractivity contribution in [1.29, 1.82) is 0 Å². The molecule has 1 aromatic heterocycles. The van der Waals surface area contributed by atoms with Crippen LogP contribution in [0, 0.1) is 5.92 Å². The molecule has 2 heterocycles. The molecule has 0 aliphatic carbocycles. The molecule has 0 bridgehead atoms. The Morgan fingerprint density at radius 3 is 2.55 bits per heavy atom. The quantitative estimate of drug-likeness (QED) is 0.538. The number of hydrogen-bond donors (Lipinski definition) is 1. The first-order chi connectivity index (χ1) is 16.1. The van der Waals surface area contributed by atoms with E-state index in [0.29, 0.717) is 43.0 Å². The minimum atomic E-state index is -0.0372. The molecule has 174 valence electrons. The lowest BCUT2D eigenvalue weighted by Gasteiger charge is -2.29. The van der Waals surface area contributed by atoms with E-state index < -0.39 is 0 Å². The molecule has 1 aliphatic rings. The minimum absolute atomic E-state index is 0.0372. The summed E-state index contributed by atoms with van der Waals surface area (Å²) in [7, 11) is 1.60. The third-order valence-electron chi connectivity index (χ3n) is 5.90. The van der Waals surface area contributed by atoms with Crippen LogP contribution >= 0.6 is 0 Å². The Morgan fingerprint density at radius 1 is 1.12 bits per heavy atom. The molecule has 1 aliphatic heterocycles. The number of hydrogen-bond acceptors (Lipinski definition) is 7. The summed E-state index contributed by atoms with van der Waals surface area (Å²) in [5.74, 6) is 1.81. The van der Waals surface area contributed by atoms with Gasteiger partial charge in [-0.25, -0.2) is 0 Å². The molecule has 0 radical (unpaired) electrons. The van der Waals surface area contributed by atoms with Gasteiger partial charge in [-0.05, 0) is 62.1 Å². The van der Waals surface area contributed by atoms with Crippen molar-refractivity contribution in [3.63, 3.8) is 0 Å². The molecule has 4 rings (SSSR count). The smallest absolute Gasteiger partial charge is 0.324 e. The predicted molar refractivity (Wildman–Crippen MR) is 127 cm³/mol. The number of nitrogens with zero attached hydrogens (tertiary/aromatic N) is 3. The van der Waals surface area contributed by atoms with E-state index in [0.717, 1.165) is 30.5 Å². The van der Waals surface area contributed by atoms with E-state index in [1.165, 1.54) is 5.56 Å². The average Bonchev–Trinajstić information content (AvgIpc) is 3.35. The third kappa shape index (κ3) is 5.27. The topological polar surface area (TPSA) is 89.7 Å². The molecule has 1 saturated heterocycles. The molecule has 0 unspecified atom stereocenters. The first kappa shape index (κ1) is 22.6. The van der Waals surface area contributed by atoms with Crippen LogP contribution in [-0.2, 0) is 11.2 Å².